The Morgan fingerprint density at radius 3 is 2.30 bits per heavy atom. The van der Waals surface area contributed by atoms with Crippen LogP contribution in [0.5, 0.6) is 5.75 Å². The molecule has 2 aromatic heterocycles. The summed E-state index contributed by atoms with van der Waals surface area (Å²) in [6.45, 7) is 0.216. The summed E-state index contributed by atoms with van der Waals surface area (Å²) >= 11 is 0. The fraction of sp³-hybridized carbons (Fsp3) is 0.0417. The topological polar surface area (TPSA) is 109 Å². The van der Waals surface area contributed by atoms with Crippen LogP contribution in [0.25, 0.3) is 34.1 Å². The second kappa shape index (κ2) is 8.75. The molecule has 5 aromatic rings. The molecule has 2 heterocycles. The van der Waals surface area contributed by atoms with Crippen molar-refractivity contribution in [1.29, 1.82) is 0 Å². The van der Waals surface area contributed by atoms with E-state index in [4.69, 9.17) is 9.26 Å². The van der Waals surface area contributed by atoms with Gasteiger partial charge in [0.2, 0.25) is 5.82 Å². The lowest BCUT2D eigenvalue weighted by molar-refractivity contribution is -0.384. The monoisotopic (exact) mass is 439 g/mol. The second-order valence-electron chi connectivity index (χ2n) is 7.13. The third-order valence-electron chi connectivity index (χ3n) is 4.95. The van der Waals surface area contributed by atoms with Gasteiger partial charge in [-0.2, -0.15) is 10.1 Å². The van der Waals surface area contributed by atoms with Crippen LogP contribution in [-0.2, 0) is 6.73 Å². The van der Waals surface area contributed by atoms with Gasteiger partial charge in [0.1, 0.15) is 5.75 Å². The van der Waals surface area contributed by atoms with Crippen molar-refractivity contribution in [2.45, 2.75) is 6.73 Å². The summed E-state index contributed by atoms with van der Waals surface area (Å²) in [4.78, 5) is 14.7. The van der Waals surface area contributed by atoms with Crippen molar-refractivity contribution in [2.24, 2.45) is 0 Å². The van der Waals surface area contributed by atoms with E-state index in [1.165, 1.54) is 12.1 Å². The highest BCUT2D eigenvalue weighted by Gasteiger charge is 2.14. The average molecular weight is 439 g/mol. The molecule has 0 fully saturated rings. The largest absolute Gasteiger partial charge is 0.471 e. The fourth-order valence-electron chi connectivity index (χ4n) is 3.24. The standard InChI is InChI=1S/C24H17N5O4/c30-29(31)20-10-6-19(7-11-20)23-25-24(33-27-23)22-14-15-28(26-22)16-32-21-12-8-18(9-13-21)17-4-2-1-3-5-17/h1-15H,16H2. The van der Waals surface area contributed by atoms with Crippen LogP contribution in [-0.4, -0.2) is 24.8 Å². The Kier molecular flexibility index (Phi) is 5.34. The highest BCUT2D eigenvalue weighted by atomic mass is 16.6. The van der Waals surface area contributed by atoms with Crippen LogP contribution >= 0.6 is 0 Å². The first-order chi connectivity index (χ1) is 16.2. The minimum Gasteiger partial charge on any atom is -0.471 e. The van der Waals surface area contributed by atoms with Gasteiger partial charge in [-0.05, 0) is 41.5 Å². The van der Waals surface area contributed by atoms with Crippen molar-refractivity contribution >= 4 is 5.69 Å². The van der Waals surface area contributed by atoms with Gasteiger partial charge in [0, 0.05) is 23.9 Å². The van der Waals surface area contributed by atoms with Gasteiger partial charge in [0.05, 0.1) is 4.92 Å². The maximum Gasteiger partial charge on any atom is 0.278 e. The lowest BCUT2D eigenvalue weighted by Crippen LogP contribution is -2.05. The zero-order valence-corrected chi connectivity index (χ0v) is 17.2. The molecule has 0 bridgehead atoms. The van der Waals surface area contributed by atoms with Gasteiger partial charge >= 0.3 is 0 Å². The maximum atomic E-state index is 10.8. The van der Waals surface area contributed by atoms with E-state index >= 15 is 0 Å². The third-order valence-corrected chi connectivity index (χ3v) is 4.95. The molecular formula is C24H17N5O4. The van der Waals surface area contributed by atoms with Crippen LogP contribution in [0.3, 0.4) is 0 Å². The van der Waals surface area contributed by atoms with Crippen molar-refractivity contribution in [3.63, 3.8) is 0 Å². The maximum absolute atomic E-state index is 10.8. The number of nitro groups is 1. The molecular weight excluding hydrogens is 422 g/mol. The summed E-state index contributed by atoms with van der Waals surface area (Å²) in [5.74, 6) is 1.29. The lowest BCUT2D eigenvalue weighted by atomic mass is 10.1. The Bertz CT molecular complexity index is 1380. The molecule has 3 aromatic carbocycles. The predicted octanol–water partition coefficient (Wildman–Crippen LogP) is 5.21. The molecule has 9 nitrogen and oxygen atoms in total. The van der Waals surface area contributed by atoms with Crippen molar-refractivity contribution in [2.75, 3.05) is 0 Å². The molecule has 0 aliphatic heterocycles. The van der Waals surface area contributed by atoms with Crippen LogP contribution in [0.4, 0.5) is 5.69 Å². The molecule has 9 heteroatoms. The molecule has 0 amide bonds. The van der Waals surface area contributed by atoms with E-state index in [1.807, 2.05) is 42.5 Å². The predicted molar refractivity (Wildman–Crippen MR) is 120 cm³/mol. The minimum atomic E-state index is -0.461. The lowest BCUT2D eigenvalue weighted by Gasteiger charge is -2.07. The summed E-state index contributed by atoms with van der Waals surface area (Å²) in [7, 11) is 0. The van der Waals surface area contributed by atoms with Crippen molar-refractivity contribution in [3.8, 4) is 39.8 Å². The molecule has 0 unspecified atom stereocenters. The molecule has 0 atom stereocenters. The number of non-ortho nitro benzene ring substituents is 1. The molecule has 0 radical (unpaired) electrons. The van der Waals surface area contributed by atoms with Crippen LogP contribution in [0, 0.1) is 10.1 Å². The van der Waals surface area contributed by atoms with Crippen molar-refractivity contribution in [1.82, 2.24) is 19.9 Å². The van der Waals surface area contributed by atoms with Crippen molar-refractivity contribution < 1.29 is 14.2 Å². The Morgan fingerprint density at radius 2 is 1.58 bits per heavy atom. The molecule has 162 valence electrons. The molecule has 0 saturated carbocycles. The first kappa shape index (κ1) is 20.1. The highest BCUT2D eigenvalue weighted by Crippen LogP contribution is 2.24. The first-order valence-electron chi connectivity index (χ1n) is 10.1. The van der Waals surface area contributed by atoms with E-state index < -0.39 is 4.92 Å². The zero-order valence-electron chi connectivity index (χ0n) is 17.2. The number of nitro benzene ring substituents is 1. The van der Waals surface area contributed by atoms with Crippen LogP contribution in [0.15, 0.2) is 95.6 Å². The first-order valence-corrected chi connectivity index (χ1v) is 10.1. The summed E-state index contributed by atoms with van der Waals surface area (Å²) in [5.41, 5.74) is 3.37. The molecule has 0 aliphatic rings. The number of nitrogens with zero attached hydrogens (tertiary/aromatic N) is 5. The van der Waals surface area contributed by atoms with Crippen LogP contribution in [0.2, 0.25) is 0 Å². The van der Waals surface area contributed by atoms with Gasteiger partial charge in [0.25, 0.3) is 11.6 Å². The number of aromatic nitrogens is 4. The summed E-state index contributed by atoms with van der Waals surface area (Å²) in [5, 5.41) is 19.1. The smallest absolute Gasteiger partial charge is 0.278 e. The molecule has 0 aliphatic carbocycles. The SMILES string of the molecule is O=[N+]([O-])c1ccc(-c2noc(-c3ccn(COc4ccc(-c5ccccc5)cc4)n3)n2)cc1. The molecule has 0 N–H and O–H groups in total. The van der Waals surface area contributed by atoms with Gasteiger partial charge < -0.3 is 9.26 Å². The fourth-order valence-corrected chi connectivity index (χ4v) is 3.24. The number of rotatable bonds is 7. The molecule has 0 spiro atoms. The molecule has 0 saturated heterocycles. The Morgan fingerprint density at radius 1 is 0.879 bits per heavy atom. The van der Waals surface area contributed by atoms with Gasteiger partial charge in [-0.25, -0.2) is 4.68 Å². The average Bonchev–Trinajstić information content (AvgIpc) is 3.54. The van der Waals surface area contributed by atoms with Gasteiger partial charge in [0.15, 0.2) is 12.4 Å². The second-order valence-corrected chi connectivity index (χ2v) is 7.13. The van der Waals surface area contributed by atoms with Gasteiger partial charge in [-0.1, -0.05) is 47.6 Å². The van der Waals surface area contributed by atoms with E-state index in [9.17, 15) is 10.1 Å². The number of benzene rings is 3. The van der Waals surface area contributed by atoms with E-state index in [-0.39, 0.29) is 18.3 Å². The summed E-state index contributed by atoms with van der Waals surface area (Å²) in [6, 6.07) is 25.7. The quantitative estimate of drug-likeness (QED) is 0.253. The molecule has 33 heavy (non-hydrogen) atoms. The van der Waals surface area contributed by atoms with Gasteiger partial charge in [-0.15, -0.1) is 0 Å². The number of ether oxygens (including phenoxy) is 1. The van der Waals surface area contributed by atoms with E-state index in [1.54, 1.807) is 29.1 Å². The van der Waals surface area contributed by atoms with E-state index in [0.717, 1.165) is 16.9 Å². The Balaban J connectivity index is 1.23. The van der Waals surface area contributed by atoms with Gasteiger partial charge in [-0.3, -0.25) is 10.1 Å². The summed E-state index contributed by atoms with van der Waals surface area (Å²) < 4.78 is 12.7. The van der Waals surface area contributed by atoms with Crippen molar-refractivity contribution in [3.05, 3.63) is 101 Å². The Labute approximate surface area is 188 Å². The van der Waals surface area contributed by atoms with Crippen LogP contribution < -0.4 is 4.74 Å². The van der Waals surface area contributed by atoms with E-state index in [2.05, 4.69) is 27.4 Å². The Hall–Kier alpha value is -4.79. The highest BCUT2D eigenvalue weighted by molar-refractivity contribution is 5.64. The normalized spacial score (nSPS) is 10.8. The van der Waals surface area contributed by atoms with E-state index in [0.29, 0.717) is 17.1 Å². The number of hydrogen-bond donors (Lipinski definition) is 0. The van der Waals surface area contributed by atoms with Crippen LogP contribution in [0.1, 0.15) is 0 Å². The summed E-state index contributed by atoms with van der Waals surface area (Å²) in [6.07, 6.45) is 1.75. The number of hydrogen-bond acceptors (Lipinski definition) is 7. The zero-order chi connectivity index (χ0) is 22.6. The minimum absolute atomic E-state index is 0.00378. The molecule has 5 rings (SSSR count). The third kappa shape index (κ3) is 4.47.